The summed E-state index contributed by atoms with van der Waals surface area (Å²) in [7, 11) is 0. The number of piperidine rings is 1. The molecule has 1 fully saturated rings. The molecule has 0 bridgehead atoms. The maximum Gasteiger partial charge on any atom is 0.187 e. The topological polar surface area (TPSA) is 69.0 Å². The Labute approximate surface area is 139 Å². The van der Waals surface area contributed by atoms with Gasteiger partial charge in [-0.25, -0.2) is 14.6 Å². The van der Waals surface area contributed by atoms with Crippen molar-refractivity contribution in [2.24, 2.45) is 0 Å². The van der Waals surface area contributed by atoms with Gasteiger partial charge >= 0.3 is 0 Å². The third-order valence-electron chi connectivity index (χ3n) is 4.37. The zero-order valence-corrected chi connectivity index (χ0v) is 13.9. The maximum atomic E-state index is 5.95. The van der Waals surface area contributed by atoms with Crippen LogP contribution >= 0.6 is 11.8 Å². The molecule has 2 atom stereocenters. The molecule has 4 heterocycles. The molecular weight excluding hydrogens is 312 g/mol. The highest BCUT2D eigenvalue weighted by Gasteiger charge is 2.36. The van der Waals surface area contributed by atoms with E-state index in [2.05, 4.69) is 32.1 Å². The fourth-order valence-corrected chi connectivity index (χ4v) is 3.79. The van der Waals surface area contributed by atoms with Crippen molar-refractivity contribution in [2.75, 3.05) is 18.8 Å². The van der Waals surface area contributed by atoms with Crippen LogP contribution in [0.1, 0.15) is 30.6 Å². The van der Waals surface area contributed by atoms with Crippen molar-refractivity contribution in [1.82, 2.24) is 29.9 Å². The number of fused-ring (bicyclic) bond motifs is 3. The van der Waals surface area contributed by atoms with E-state index in [0.717, 1.165) is 48.2 Å². The second-order valence-corrected chi connectivity index (χ2v) is 7.15. The number of hydrogen-bond acceptors (Lipinski definition) is 7. The Balaban J connectivity index is 1.43. The fraction of sp³-hybridized carbons (Fsp3) is 0.600. The number of nitrogens with zero attached hydrogens (tertiary/aromatic N) is 6. The zero-order valence-electron chi connectivity index (χ0n) is 13.1. The Bertz CT molecular complexity index is 660. The average Bonchev–Trinajstić information content (AvgIpc) is 3.06. The summed E-state index contributed by atoms with van der Waals surface area (Å²) >= 11 is 1.67. The normalized spacial score (nSPS) is 24.2. The first kappa shape index (κ1) is 15.0. The van der Waals surface area contributed by atoms with Crippen molar-refractivity contribution in [3.63, 3.8) is 0 Å². The molecule has 0 saturated carbocycles. The average molecular weight is 332 g/mol. The Morgan fingerprint density at radius 2 is 2.17 bits per heavy atom. The van der Waals surface area contributed by atoms with Crippen LogP contribution in [0.5, 0.6) is 0 Å². The summed E-state index contributed by atoms with van der Waals surface area (Å²) in [6.45, 7) is 5.54. The van der Waals surface area contributed by atoms with Gasteiger partial charge in [-0.1, -0.05) is 23.9 Å². The molecule has 2 aromatic rings. The van der Waals surface area contributed by atoms with E-state index in [9.17, 15) is 0 Å². The number of likely N-dealkylation sites (tertiary alicyclic amines) is 1. The van der Waals surface area contributed by atoms with Gasteiger partial charge in [-0.15, -0.1) is 5.10 Å². The Morgan fingerprint density at radius 1 is 1.30 bits per heavy atom. The van der Waals surface area contributed by atoms with Gasteiger partial charge in [0, 0.05) is 37.6 Å². The number of rotatable bonds is 4. The van der Waals surface area contributed by atoms with Crippen molar-refractivity contribution in [3.8, 4) is 0 Å². The van der Waals surface area contributed by atoms with Crippen LogP contribution in [0.3, 0.4) is 0 Å². The molecule has 0 N–H and O–H groups in total. The molecule has 8 heteroatoms. The van der Waals surface area contributed by atoms with Crippen molar-refractivity contribution >= 4 is 11.8 Å². The molecule has 0 amide bonds. The summed E-state index contributed by atoms with van der Waals surface area (Å²) in [6, 6.07) is 0.255. The lowest BCUT2D eigenvalue weighted by Gasteiger charge is -2.40. The van der Waals surface area contributed by atoms with Gasteiger partial charge in [0.05, 0.1) is 30.6 Å². The lowest BCUT2D eigenvalue weighted by molar-refractivity contribution is -0.0670. The first-order chi connectivity index (χ1) is 11.3. The SMILES string of the molecule is CCSc1ncc(CN2CC[C@H]3OCc4cnnn4[C@@H]3C2)cn1. The van der Waals surface area contributed by atoms with Crippen LogP contribution in [-0.2, 0) is 17.9 Å². The van der Waals surface area contributed by atoms with Gasteiger partial charge in [0.15, 0.2) is 5.16 Å². The Morgan fingerprint density at radius 3 is 3.00 bits per heavy atom. The van der Waals surface area contributed by atoms with E-state index in [0.29, 0.717) is 6.61 Å². The monoisotopic (exact) mass is 332 g/mol. The number of aromatic nitrogens is 5. The van der Waals surface area contributed by atoms with Crippen molar-refractivity contribution in [2.45, 2.75) is 43.8 Å². The summed E-state index contributed by atoms with van der Waals surface area (Å²) < 4.78 is 7.99. The van der Waals surface area contributed by atoms with E-state index in [4.69, 9.17) is 4.74 Å². The largest absolute Gasteiger partial charge is 0.370 e. The van der Waals surface area contributed by atoms with E-state index in [-0.39, 0.29) is 12.1 Å². The van der Waals surface area contributed by atoms with Gasteiger partial charge in [0.25, 0.3) is 0 Å². The van der Waals surface area contributed by atoms with Gasteiger partial charge in [0.1, 0.15) is 0 Å². The van der Waals surface area contributed by atoms with Gasteiger partial charge < -0.3 is 4.74 Å². The minimum absolute atomic E-state index is 0.250. The Hall–Kier alpha value is -1.51. The van der Waals surface area contributed by atoms with E-state index < -0.39 is 0 Å². The van der Waals surface area contributed by atoms with E-state index in [1.807, 2.05) is 17.1 Å². The van der Waals surface area contributed by atoms with Crippen LogP contribution < -0.4 is 0 Å². The molecule has 0 unspecified atom stereocenters. The molecule has 0 radical (unpaired) electrons. The zero-order chi connectivity index (χ0) is 15.6. The van der Waals surface area contributed by atoms with Crippen LogP contribution in [0.15, 0.2) is 23.7 Å². The predicted molar refractivity (Wildman–Crippen MR) is 86.0 cm³/mol. The third kappa shape index (κ3) is 3.11. The minimum Gasteiger partial charge on any atom is -0.370 e. The molecular formula is C15H20N6OS. The predicted octanol–water partition coefficient (Wildman–Crippen LogP) is 1.53. The van der Waals surface area contributed by atoms with Crippen molar-refractivity contribution in [1.29, 1.82) is 0 Å². The highest BCUT2D eigenvalue weighted by molar-refractivity contribution is 7.99. The first-order valence-electron chi connectivity index (χ1n) is 8.00. The summed E-state index contributed by atoms with van der Waals surface area (Å²) in [6.07, 6.45) is 6.95. The highest BCUT2D eigenvalue weighted by Crippen LogP contribution is 2.30. The van der Waals surface area contributed by atoms with Gasteiger partial charge in [-0.3, -0.25) is 4.90 Å². The molecule has 1 saturated heterocycles. The Kier molecular flexibility index (Phi) is 4.28. The van der Waals surface area contributed by atoms with Gasteiger partial charge in [-0.05, 0) is 12.2 Å². The van der Waals surface area contributed by atoms with E-state index in [1.54, 1.807) is 18.0 Å². The maximum absolute atomic E-state index is 5.95. The molecule has 4 rings (SSSR count). The summed E-state index contributed by atoms with van der Waals surface area (Å²) in [5, 5.41) is 9.12. The van der Waals surface area contributed by atoms with Crippen LogP contribution in [0, 0.1) is 0 Å². The van der Waals surface area contributed by atoms with Crippen LogP contribution in [0.2, 0.25) is 0 Å². The van der Waals surface area contributed by atoms with Crippen molar-refractivity contribution in [3.05, 3.63) is 29.8 Å². The lowest BCUT2D eigenvalue weighted by atomic mass is 10.00. The number of hydrogen-bond donors (Lipinski definition) is 0. The molecule has 7 nitrogen and oxygen atoms in total. The highest BCUT2D eigenvalue weighted by atomic mass is 32.2. The second-order valence-electron chi connectivity index (χ2n) is 5.92. The number of ether oxygens (including phenoxy) is 1. The fourth-order valence-electron chi connectivity index (χ4n) is 3.27. The summed E-state index contributed by atoms with van der Waals surface area (Å²) in [5.41, 5.74) is 2.22. The van der Waals surface area contributed by atoms with Crippen LogP contribution in [0.4, 0.5) is 0 Å². The first-order valence-corrected chi connectivity index (χ1v) is 8.99. The molecule has 0 aliphatic carbocycles. The number of thioether (sulfide) groups is 1. The lowest BCUT2D eigenvalue weighted by Crippen LogP contribution is -2.47. The van der Waals surface area contributed by atoms with Crippen molar-refractivity contribution < 1.29 is 4.74 Å². The summed E-state index contributed by atoms with van der Waals surface area (Å²) in [4.78, 5) is 11.3. The van der Waals surface area contributed by atoms with E-state index in [1.165, 1.54) is 0 Å². The molecule has 23 heavy (non-hydrogen) atoms. The molecule has 0 spiro atoms. The molecule has 0 aromatic carbocycles. The third-order valence-corrected chi connectivity index (χ3v) is 5.13. The quantitative estimate of drug-likeness (QED) is 0.621. The molecule has 2 aliphatic heterocycles. The standard InChI is InChI=1S/C15H20N6OS/c1-2-23-15-16-5-11(6-17-15)8-20-4-3-14-13(9-20)21-12(10-22-14)7-18-19-21/h5-7,13-14H,2-4,8-10H2,1H3/t13-,14-/m1/s1. The second kappa shape index (κ2) is 6.54. The van der Waals surface area contributed by atoms with Crippen LogP contribution in [0.25, 0.3) is 0 Å². The van der Waals surface area contributed by atoms with Gasteiger partial charge in [0.2, 0.25) is 0 Å². The smallest absolute Gasteiger partial charge is 0.187 e. The molecule has 2 aliphatic rings. The van der Waals surface area contributed by atoms with Crippen LogP contribution in [-0.4, -0.2) is 54.8 Å². The summed E-state index contributed by atoms with van der Waals surface area (Å²) in [5.74, 6) is 0.995. The minimum atomic E-state index is 0.250. The van der Waals surface area contributed by atoms with E-state index >= 15 is 0 Å². The molecule has 122 valence electrons. The molecule has 2 aromatic heterocycles. The van der Waals surface area contributed by atoms with Gasteiger partial charge in [-0.2, -0.15) is 0 Å².